The van der Waals surface area contributed by atoms with Gasteiger partial charge in [0.05, 0.1) is 0 Å². The van der Waals surface area contributed by atoms with Crippen LogP contribution in [0, 0.1) is 5.82 Å². The molecule has 4 heteroatoms. The summed E-state index contributed by atoms with van der Waals surface area (Å²) in [5.74, 6) is 0.889. The van der Waals surface area contributed by atoms with E-state index in [9.17, 15) is 4.39 Å². The molecular weight excluding hydrogens is 247 g/mol. The zero-order valence-corrected chi connectivity index (χ0v) is 12.1. The third kappa shape index (κ3) is 2.98. The second kappa shape index (κ2) is 5.10. The standard InChI is InChI=1S/C14H21FN2S/c1-10(16)12-8-11(15)4-5-13(12)17-6-7-18-14(2,3)9-17/h4-5,8,10H,6-7,9,16H2,1-3H3. The van der Waals surface area contributed by atoms with E-state index >= 15 is 0 Å². The molecule has 2 rings (SSSR count). The number of rotatable bonds is 2. The van der Waals surface area contributed by atoms with Crippen molar-refractivity contribution in [3.63, 3.8) is 0 Å². The minimum absolute atomic E-state index is 0.145. The summed E-state index contributed by atoms with van der Waals surface area (Å²) >= 11 is 1.99. The van der Waals surface area contributed by atoms with Crippen molar-refractivity contribution >= 4 is 17.4 Å². The van der Waals surface area contributed by atoms with Crippen molar-refractivity contribution in [3.05, 3.63) is 29.6 Å². The Labute approximate surface area is 113 Å². The van der Waals surface area contributed by atoms with Gasteiger partial charge < -0.3 is 10.6 Å². The van der Waals surface area contributed by atoms with Crippen LogP contribution in [0.15, 0.2) is 18.2 Å². The number of hydrogen-bond donors (Lipinski definition) is 1. The van der Waals surface area contributed by atoms with Crippen LogP contribution in [0.25, 0.3) is 0 Å². The molecule has 100 valence electrons. The first-order chi connectivity index (χ1) is 8.39. The number of anilines is 1. The molecule has 2 nitrogen and oxygen atoms in total. The van der Waals surface area contributed by atoms with E-state index in [4.69, 9.17) is 5.73 Å². The van der Waals surface area contributed by atoms with Gasteiger partial charge in [-0.25, -0.2) is 4.39 Å². The number of benzene rings is 1. The summed E-state index contributed by atoms with van der Waals surface area (Å²) in [5, 5.41) is 0. The van der Waals surface area contributed by atoms with E-state index in [1.54, 1.807) is 6.07 Å². The molecule has 0 radical (unpaired) electrons. The zero-order chi connectivity index (χ0) is 13.3. The Morgan fingerprint density at radius 1 is 1.44 bits per heavy atom. The van der Waals surface area contributed by atoms with Gasteiger partial charge in [0, 0.05) is 35.3 Å². The van der Waals surface area contributed by atoms with Crippen LogP contribution in [0.2, 0.25) is 0 Å². The van der Waals surface area contributed by atoms with Crippen LogP contribution in [0.4, 0.5) is 10.1 Å². The average Bonchev–Trinajstić information content (AvgIpc) is 2.27. The van der Waals surface area contributed by atoms with Gasteiger partial charge in [0.2, 0.25) is 0 Å². The van der Waals surface area contributed by atoms with Gasteiger partial charge in [0.25, 0.3) is 0 Å². The first-order valence-electron chi connectivity index (χ1n) is 6.33. The third-order valence-corrected chi connectivity index (χ3v) is 4.54. The highest BCUT2D eigenvalue weighted by molar-refractivity contribution is 8.00. The molecule has 0 amide bonds. The number of hydrogen-bond acceptors (Lipinski definition) is 3. The van der Waals surface area contributed by atoms with Crippen molar-refractivity contribution in [2.75, 3.05) is 23.7 Å². The summed E-state index contributed by atoms with van der Waals surface area (Å²) in [6, 6.07) is 4.80. The lowest BCUT2D eigenvalue weighted by Crippen LogP contribution is -2.43. The molecule has 1 saturated heterocycles. The highest BCUT2D eigenvalue weighted by Gasteiger charge is 2.28. The predicted octanol–water partition coefficient (Wildman–Crippen LogP) is 3.18. The first-order valence-corrected chi connectivity index (χ1v) is 7.31. The van der Waals surface area contributed by atoms with Crippen LogP contribution in [0.3, 0.4) is 0 Å². The van der Waals surface area contributed by atoms with E-state index in [1.165, 1.54) is 6.07 Å². The fraction of sp³-hybridized carbons (Fsp3) is 0.571. The largest absolute Gasteiger partial charge is 0.369 e. The topological polar surface area (TPSA) is 29.3 Å². The Balaban J connectivity index is 2.32. The van der Waals surface area contributed by atoms with Gasteiger partial charge in [0.15, 0.2) is 0 Å². The van der Waals surface area contributed by atoms with E-state index in [1.807, 2.05) is 24.8 Å². The smallest absolute Gasteiger partial charge is 0.123 e. The van der Waals surface area contributed by atoms with Crippen LogP contribution < -0.4 is 10.6 Å². The van der Waals surface area contributed by atoms with Gasteiger partial charge in [0.1, 0.15) is 5.82 Å². The Bertz CT molecular complexity index is 432. The molecule has 1 fully saturated rings. The summed E-state index contributed by atoms with van der Waals surface area (Å²) in [6.45, 7) is 8.38. The molecule has 0 saturated carbocycles. The predicted molar refractivity (Wildman–Crippen MR) is 77.8 cm³/mol. The highest BCUT2D eigenvalue weighted by Crippen LogP contribution is 2.35. The molecule has 0 spiro atoms. The average molecular weight is 268 g/mol. The summed E-state index contributed by atoms with van der Waals surface area (Å²) in [6.07, 6.45) is 0. The maximum absolute atomic E-state index is 13.3. The van der Waals surface area contributed by atoms with Crippen molar-refractivity contribution in [1.29, 1.82) is 0 Å². The molecule has 1 atom stereocenters. The normalized spacial score (nSPS) is 20.8. The monoisotopic (exact) mass is 268 g/mol. The Kier molecular flexibility index (Phi) is 3.87. The fourth-order valence-electron chi connectivity index (χ4n) is 2.40. The second-order valence-corrected chi connectivity index (χ2v) is 7.32. The highest BCUT2D eigenvalue weighted by atomic mass is 32.2. The third-order valence-electron chi connectivity index (χ3n) is 3.25. The van der Waals surface area contributed by atoms with Crippen molar-refractivity contribution in [2.24, 2.45) is 5.73 Å². The van der Waals surface area contributed by atoms with Crippen LogP contribution >= 0.6 is 11.8 Å². The maximum Gasteiger partial charge on any atom is 0.123 e. The van der Waals surface area contributed by atoms with Crippen LogP contribution in [-0.2, 0) is 0 Å². The van der Waals surface area contributed by atoms with E-state index in [0.29, 0.717) is 0 Å². The van der Waals surface area contributed by atoms with Crippen LogP contribution in [0.1, 0.15) is 32.4 Å². The number of thioether (sulfide) groups is 1. The van der Waals surface area contributed by atoms with Gasteiger partial charge in [-0.3, -0.25) is 0 Å². The number of halogens is 1. The molecule has 0 bridgehead atoms. The van der Waals surface area contributed by atoms with Crippen LogP contribution in [-0.4, -0.2) is 23.6 Å². The minimum atomic E-state index is -0.211. The minimum Gasteiger partial charge on any atom is -0.369 e. The Morgan fingerprint density at radius 2 is 2.17 bits per heavy atom. The van der Waals surface area contributed by atoms with Gasteiger partial charge in [-0.15, -0.1) is 0 Å². The molecule has 0 aromatic heterocycles. The molecule has 2 N–H and O–H groups in total. The van der Waals surface area contributed by atoms with Crippen molar-refractivity contribution in [2.45, 2.75) is 31.6 Å². The van der Waals surface area contributed by atoms with Gasteiger partial charge in [-0.1, -0.05) is 0 Å². The lowest BCUT2D eigenvalue weighted by Gasteiger charge is -2.40. The molecule has 1 unspecified atom stereocenters. The lowest BCUT2D eigenvalue weighted by molar-refractivity contribution is 0.616. The SMILES string of the molecule is CC(N)c1cc(F)ccc1N1CCSC(C)(C)C1. The zero-order valence-electron chi connectivity index (χ0n) is 11.2. The van der Waals surface area contributed by atoms with Crippen molar-refractivity contribution in [3.8, 4) is 0 Å². The molecule has 0 aliphatic carbocycles. The maximum atomic E-state index is 13.3. The number of nitrogens with zero attached hydrogens (tertiary/aromatic N) is 1. The quantitative estimate of drug-likeness (QED) is 0.893. The van der Waals surface area contributed by atoms with Crippen molar-refractivity contribution < 1.29 is 4.39 Å². The van der Waals surface area contributed by atoms with Crippen molar-refractivity contribution in [1.82, 2.24) is 0 Å². The second-order valence-electron chi connectivity index (χ2n) is 5.52. The van der Waals surface area contributed by atoms with Gasteiger partial charge >= 0.3 is 0 Å². The van der Waals surface area contributed by atoms with E-state index < -0.39 is 0 Å². The molecule has 1 aromatic carbocycles. The lowest BCUT2D eigenvalue weighted by atomic mass is 10.0. The first kappa shape index (κ1) is 13.7. The van der Waals surface area contributed by atoms with Gasteiger partial charge in [-0.05, 0) is 44.5 Å². The summed E-state index contributed by atoms with van der Waals surface area (Å²) in [4.78, 5) is 2.33. The number of nitrogens with two attached hydrogens (primary N) is 1. The van der Waals surface area contributed by atoms with E-state index in [-0.39, 0.29) is 16.6 Å². The van der Waals surface area contributed by atoms with Gasteiger partial charge in [-0.2, -0.15) is 11.8 Å². The van der Waals surface area contributed by atoms with E-state index in [0.717, 1.165) is 30.1 Å². The Morgan fingerprint density at radius 3 is 2.78 bits per heavy atom. The summed E-state index contributed by atoms with van der Waals surface area (Å²) in [5.41, 5.74) is 7.94. The van der Waals surface area contributed by atoms with E-state index in [2.05, 4.69) is 18.7 Å². The summed E-state index contributed by atoms with van der Waals surface area (Å²) in [7, 11) is 0. The molecular formula is C14H21FN2S. The molecule has 18 heavy (non-hydrogen) atoms. The van der Waals surface area contributed by atoms with Crippen LogP contribution in [0.5, 0.6) is 0 Å². The Hall–Kier alpha value is -0.740. The molecule has 1 aliphatic rings. The molecule has 1 heterocycles. The summed E-state index contributed by atoms with van der Waals surface area (Å²) < 4.78 is 13.6. The fourth-order valence-corrected chi connectivity index (χ4v) is 3.51. The molecule has 1 aliphatic heterocycles. The molecule has 1 aromatic rings.